The van der Waals surface area contributed by atoms with Crippen LogP contribution in [0.3, 0.4) is 0 Å². The highest BCUT2D eigenvalue weighted by Crippen LogP contribution is 1.87. The molecule has 0 bridgehead atoms. The van der Waals surface area contributed by atoms with Gasteiger partial charge in [0.05, 0.1) is 105 Å². The number of carboxylic acid groups (broad SMARTS) is 2. The molecule has 0 aromatic rings. The molecule has 0 radical (unpaired) electrons. The summed E-state index contributed by atoms with van der Waals surface area (Å²) in [5.74, 6) is -1.76. The van der Waals surface area contributed by atoms with Gasteiger partial charge in [-0.2, -0.15) is 0 Å². The Labute approximate surface area is 171 Å². The fraction of sp³-hybridized carbons (Fsp3) is 0.889. The second kappa shape index (κ2) is 22.9. The van der Waals surface area contributed by atoms with Gasteiger partial charge in [-0.25, -0.2) is 0 Å². The van der Waals surface area contributed by atoms with Crippen molar-refractivity contribution >= 4 is 11.9 Å². The van der Waals surface area contributed by atoms with Gasteiger partial charge in [0.15, 0.2) is 0 Å². The summed E-state index contributed by atoms with van der Waals surface area (Å²) in [4.78, 5) is 20.5. The van der Waals surface area contributed by atoms with Crippen LogP contribution in [0.4, 0.5) is 0 Å². The highest BCUT2D eigenvalue weighted by Gasteiger charge is 1.98. The summed E-state index contributed by atoms with van der Waals surface area (Å²) in [6, 6.07) is 0. The van der Waals surface area contributed by atoms with Crippen LogP contribution < -0.4 is 0 Å². The van der Waals surface area contributed by atoms with Crippen molar-refractivity contribution in [1.82, 2.24) is 0 Å². The SMILES string of the molecule is O=C(O)CCOCCOCCOCCOCCOCCOCCOCCC(=O)O. The molecule has 0 aliphatic heterocycles. The first-order valence-corrected chi connectivity index (χ1v) is 9.60. The van der Waals surface area contributed by atoms with Crippen molar-refractivity contribution in [3.05, 3.63) is 0 Å². The second-order valence-electron chi connectivity index (χ2n) is 5.57. The predicted octanol–water partition coefficient (Wildman–Crippen LogP) is 0.0520. The van der Waals surface area contributed by atoms with Crippen LogP contribution in [0.1, 0.15) is 12.8 Å². The smallest absolute Gasteiger partial charge is 0.305 e. The summed E-state index contributed by atoms with van der Waals surface area (Å²) in [5, 5.41) is 16.8. The van der Waals surface area contributed by atoms with Gasteiger partial charge in [-0.1, -0.05) is 0 Å². The number of rotatable bonds is 24. The van der Waals surface area contributed by atoms with Gasteiger partial charge in [-0.05, 0) is 0 Å². The Hall–Kier alpha value is -1.34. The zero-order valence-corrected chi connectivity index (χ0v) is 16.9. The third-order valence-electron chi connectivity index (χ3n) is 3.15. The lowest BCUT2D eigenvalue weighted by Crippen LogP contribution is -2.15. The van der Waals surface area contributed by atoms with E-state index < -0.39 is 11.9 Å². The molecule has 0 aromatic carbocycles. The van der Waals surface area contributed by atoms with E-state index in [1.165, 1.54) is 0 Å². The van der Waals surface area contributed by atoms with Gasteiger partial charge in [0.2, 0.25) is 0 Å². The molecule has 0 atom stereocenters. The molecule has 0 aliphatic rings. The third kappa shape index (κ3) is 26.7. The Morgan fingerprint density at radius 2 is 0.552 bits per heavy atom. The van der Waals surface area contributed by atoms with Crippen molar-refractivity contribution in [1.29, 1.82) is 0 Å². The molecule has 0 aliphatic carbocycles. The molecule has 0 heterocycles. The molecular weight excluding hydrogens is 392 g/mol. The van der Waals surface area contributed by atoms with E-state index in [1.54, 1.807) is 0 Å². The zero-order chi connectivity index (χ0) is 21.4. The van der Waals surface area contributed by atoms with Gasteiger partial charge < -0.3 is 43.4 Å². The minimum atomic E-state index is -0.879. The second-order valence-corrected chi connectivity index (χ2v) is 5.57. The van der Waals surface area contributed by atoms with E-state index in [9.17, 15) is 9.59 Å². The molecule has 0 unspecified atom stereocenters. The highest BCUT2D eigenvalue weighted by atomic mass is 16.6. The fourth-order valence-corrected chi connectivity index (χ4v) is 1.74. The number of hydrogen-bond donors (Lipinski definition) is 2. The minimum Gasteiger partial charge on any atom is -0.481 e. The molecule has 0 spiro atoms. The number of ether oxygens (including phenoxy) is 7. The number of carbonyl (C=O) groups is 2. The summed E-state index contributed by atoms with van der Waals surface area (Å²) < 4.78 is 36.7. The van der Waals surface area contributed by atoms with Gasteiger partial charge >= 0.3 is 11.9 Å². The van der Waals surface area contributed by atoms with Crippen molar-refractivity contribution in [2.24, 2.45) is 0 Å². The van der Waals surface area contributed by atoms with Crippen molar-refractivity contribution in [3.8, 4) is 0 Å². The number of hydrogen-bond acceptors (Lipinski definition) is 9. The Morgan fingerprint density at radius 3 is 0.724 bits per heavy atom. The molecule has 172 valence electrons. The largest absolute Gasteiger partial charge is 0.481 e. The molecule has 2 N–H and O–H groups in total. The van der Waals surface area contributed by atoms with Gasteiger partial charge in [-0.3, -0.25) is 9.59 Å². The van der Waals surface area contributed by atoms with Crippen LogP contribution in [0, 0.1) is 0 Å². The van der Waals surface area contributed by atoms with Crippen LogP contribution in [-0.4, -0.2) is 115 Å². The Morgan fingerprint density at radius 1 is 0.379 bits per heavy atom. The van der Waals surface area contributed by atoms with Crippen LogP contribution in [0.2, 0.25) is 0 Å². The number of carboxylic acids is 2. The molecule has 0 amide bonds. The van der Waals surface area contributed by atoms with E-state index in [2.05, 4.69) is 0 Å². The summed E-state index contributed by atoms with van der Waals surface area (Å²) in [6.07, 6.45) is -0.0100. The Kier molecular flexibility index (Phi) is 21.9. The van der Waals surface area contributed by atoms with E-state index >= 15 is 0 Å². The molecule has 29 heavy (non-hydrogen) atoms. The normalized spacial score (nSPS) is 11.0. The molecule has 0 saturated carbocycles. The van der Waals surface area contributed by atoms with Gasteiger partial charge in [0.1, 0.15) is 0 Å². The third-order valence-corrected chi connectivity index (χ3v) is 3.15. The average Bonchev–Trinajstić information content (AvgIpc) is 2.68. The topological polar surface area (TPSA) is 139 Å². The summed E-state index contributed by atoms with van der Waals surface area (Å²) in [7, 11) is 0. The molecule has 0 saturated heterocycles. The summed E-state index contributed by atoms with van der Waals surface area (Å²) in [6.45, 7) is 5.54. The summed E-state index contributed by atoms with van der Waals surface area (Å²) >= 11 is 0. The first-order valence-electron chi connectivity index (χ1n) is 9.60. The van der Waals surface area contributed by atoms with Gasteiger partial charge in [-0.15, -0.1) is 0 Å². The molecule has 11 nitrogen and oxygen atoms in total. The van der Waals surface area contributed by atoms with Crippen molar-refractivity contribution in [2.45, 2.75) is 12.8 Å². The van der Waals surface area contributed by atoms with Crippen LogP contribution in [-0.2, 0) is 42.7 Å². The van der Waals surface area contributed by atoms with E-state index in [4.69, 9.17) is 43.4 Å². The fourth-order valence-electron chi connectivity index (χ4n) is 1.74. The van der Waals surface area contributed by atoms with E-state index in [1.807, 2.05) is 0 Å². The lowest BCUT2D eigenvalue weighted by atomic mass is 10.5. The van der Waals surface area contributed by atoms with Crippen LogP contribution in [0.25, 0.3) is 0 Å². The predicted molar refractivity (Wildman–Crippen MR) is 100 cm³/mol. The zero-order valence-electron chi connectivity index (χ0n) is 16.9. The van der Waals surface area contributed by atoms with E-state index in [-0.39, 0.29) is 26.1 Å². The van der Waals surface area contributed by atoms with Crippen LogP contribution in [0.5, 0.6) is 0 Å². The lowest BCUT2D eigenvalue weighted by Gasteiger charge is -2.08. The molecular formula is C18H34O11. The average molecular weight is 426 g/mol. The first-order chi connectivity index (χ1) is 14.1. The van der Waals surface area contributed by atoms with E-state index in [0.29, 0.717) is 79.3 Å². The quantitative estimate of drug-likeness (QED) is 0.202. The van der Waals surface area contributed by atoms with Crippen molar-refractivity contribution < 1.29 is 53.0 Å². The molecule has 0 aromatic heterocycles. The maximum absolute atomic E-state index is 10.3. The Balaban J connectivity index is 3.01. The molecule has 11 heteroatoms. The molecule has 0 rings (SSSR count). The molecule has 0 fully saturated rings. The van der Waals surface area contributed by atoms with E-state index in [0.717, 1.165) is 0 Å². The van der Waals surface area contributed by atoms with Gasteiger partial charge in [0, 0.05) is 0 Å². The summed E-state index contributed by atoms with van der Waals surface area (Å²) in [5.41, 5.74) is 0. The minimum absolute atomic E-state index is 0.00502. The maximum atomic E-state index is 10.3. The van der Waals surface area contributed by atoms with Crippen LogP contribution >= 0.6 is 0 Å². The number of aliphatic carboxylic acids is 2. The standard InChI is InChI=1S/C18H34O11/c19-17(20)1-3-23-5-7-25-9-11-27-13-15-29-16-14-28-12-10-26-8-6-24-4-2-18(21)22/h1-16H2,(H,19,20)(H,21,22). The maximum Gasteiger partial charge on any atom is 0.305 e. The van der Waals surface area contributed by atoms with Gasteiger partial charge in [0.25, 0.3) is 0 Å². The highest BCUT2D eigenvalue weighted by molar-refractivity contribution is 5.66. The lowest BCUT2D eigenvalue weighted by molar-refractivity contribution is -0.139. The van der Waals surface area contributed by atoms with Crippen molar-refractivity contribution in [2.75, 3.05) is 92.5 Å². The monoisotopic (exact) mass is 426 g/mol. The first kappa shape index (κ1) is 27.7. The van der Waals surface area contributed by atoms with Crippen molar-refractivity contribution in [3.63, 3.8) is 0 Å². The Bertz CT molecular complexity index is 345. The van der Waals surface area contributed by atoms with Crippen LogP contribution in [0.15, 0.2) is 0 Å².